The van der Waals surface area contributed by atoms with Gasteiger partial charge in [0.1, 0.15) is 0 Å². The fourth-order valence-corrected chi connectivity index (χ4v) is 3.06. The van der Waals surface area contributed by atoms with Gasteiger partial charge in [0.25, 0.3) is 0 Å². The Kier molecular flexibility index (Phi) is 2.04. The van der Waals surface area contributed by atoms with Gasteiger partial charge in [-0.05, 0) is 18.1 Å². The van der Waals surface area contributed by atoms with Crippen LogP contribution in [0.3, 0.4) is 0 Å². The molecular weight excluding hydrogens is 220 g/mol. The van der Waals surface area contributed by atoms with E-state index in [1.165, 1.54) is 22.5 Å². The van der Waals surface area contributed by atoms with Crippen LogP contribution in [0, 0.1) is 0 Å². The number of fused-ring (bicyclic) bond motifs is 2. The molecule has 2 unspecified atom stereocenters. The predicted molar refractivity (Wildman–Crippen MR) is 73.4 cm³/mol. The molecule has 88 valence electrons. The molecule has 0 aliphatic carbocycles. The van der Waals surface area contributed by atoms with Crippen molar-refractivity contribution in [3.8, 4) is 0 Å². The van der Waals surface area contributed by atoms with Crippen molar-refractivity contribution >= 4 is 17.6 Å². The molecular formula is C16H15N2+. The van der Waals surface area contributed by atoms with E-state index in [0.29, 0.717) is 12.0 Å². The minimum Gasteiger partial charge on any atom is -0.381 e. The van der Waals surface area contributed by atoms with Crippen LogP contribution in [0.15, 0.2) is 48.5 Å². The molecule has 18 heavy (non-hydrogen) atoms. The number of hydrogen-bond acceptors (Lipinski definition) is 1. The summed E-state index contributed by atoms with van der Waals surface area (Å²) in [5.74, 6) is 0.452. The van der Waals surface area contributed by atoms with Gasteiger partial charge < -0.3 is 5.32 Å². The Morgan fingerprint density at radius 1 is 1.00 bits per heavy atom. The van der Waals surface area contributed by atoms with Crippen LogP contribution in [0.25, 0.3) is 0 Å². The third-order valence-corrected chi connectivity index (χ3v) is 3.97. The maximum atomic E-state index is 3.65. The fraction of sp³-hybridized carbons (Fsp3) is 0.188. The Balaban J connectivity index is 1.67. The minimum atomic E-state index is 0.452. The lowest BCUT2D eigenvalue weighted by Gasteiger charge is -2.15. The molecule has 2 aromatic rings. The number of para-hydroxylation sites is 2. The summed E-state index contributed by atoms with van der Waals surface area (Å²) in [5, 5.41) is 3.65. The number of anilines is 1. The van der Waals surface area contributed by atoms with Crippen LogP contribution in [0.4, 0.5) is 11.4 Å². The average molecular weight is 235 g/mol. The van der Waals surface area contributed by atoms with Gasteiger partial charge in [-0.1, -0.05) is 36.4 Å². The van der Waals surface area contributed by atoms with Crippen molar-refractivity contribution in [1.29, 1.82) is 0 Å². The monoisotopic (exact) mass is 235 g/mol. The lowest BCUT2D eigenvalue weighted by atomic mass is 9.91. The number of hydrogen-bond donors (Lipinski definition) is 2. The van der Waals surface area contributed by atoms with E-state index in [4.69, 9.17) is 0 Å². The zero-order valence-corrected chi connectivity index (χ0v) is 10.1. The molecule has 2 N–H and O–H groups in total. The van der Waals surface area contributed by atoms with E-state index in [1.54, 1.807) is 0 Å². The molecule has 0 amide bonds. The standard InChI is InChI=1S/C16H14N2/c1-3-7-14-11(5-1)9-16(18-14)13-10-17-15-8-4-2-6-12(13)15/h1-8,10,13,16,18H,9H2/p+1. The highest BCUT2D eigenvalue weighted by molar-refractivity contribution is 5.74. The SMILES string of the molecule is C1=[NH+]c2ccccc2C1C1Cc2ccccc2N1. The molecule has 2 heterocycles. The summed E-state index contributed by atoms with van der Waals surface area (Å²) in [5.41, 5.74) is 5.38. The fourth-order valence-electron chi connectivity index (χ4n) is 3.06. The summed E-state index contributed by atoms with van der Waals surface area (Å²) in [6.07, 6.45) is 3.32. The average Bonchev–Trinajstić information content (AvgIpc) is 3.02. The first-order valence-electron chi connectivity index (χ1n) is 6.45. The molecule has 0 bridgehead atoms. The van der Waals surface area contributed by atoms with Gasteiger partial charge in [0.15, 0.2) is 6.21 Å². The van der Waals surface area contributed by atoms with Gasteiger partial charge in [-0.25, -0.2) is 4.99 Å². The highest BCUT2D eigenvalue weighted by atomic mass is 15.0. The Hall–Kier alpha value is -2.09. The molecule has 2 aliphatic rings. The number of benzene rings is 2. The highest BCUT2D eigenvalue weighted by Gasteiger charge is 2.34. The summed E-state index contributed by atoms with van der Waals surface area (Å²) in [6, 6.07) is 17.6. The predicted octanol–water partition coefficient (Wildman–Crippen LogP) is 1.60. The first-order valence-corrected chi connectivity index (χ1v) is 6.45. The van der Waals surface area contributed by atoms with Gasteiger partial charge in [-0.15, -0.1) is 0 Å². The van der Waals surface area contributed by atoms with E-state index in [-0.39, 0.29) is 0 Å². The lowest BCUT2D eigenvalue weighted by molar-refractivity contribution is -0.344. The summed E-state index contributed by atoms with van der Waals surface area (Å²) in [6.45, 7) is 0. The minimum absolute atomic E-state index is 0.452. The Bertz CT molecular complexity index is 605. The topological polar surface area (TPSA) is 26.0 Å². The zero-order chi connectivity index (χ0) is 11.9. The van der Waals surface area contributed by atoms with Gasteiger partial charge >= 0.3 is 0 Å². The van der Waals surface area contributed by atoms with Gasteiger partial charge in [0.2, 0.25) is 5.69 Å². The Morgan fingerprint density at radius 3 is 2.78 bits per heavy atom. The van der Waals surface area contributed by atoms with E-state index in [1.807, 2.05) is 0 Å². The largest absolute Gasteiger partial charge is 0.381 e. The molecule has 2 aromatic carbocycles. The molecule has 2 aliphatic heterocycles. The number of nitrogens with one attached hydrogen (secondary N) is 2. The van der Waals surface area contributed by atoms with Crippen LogP contribution in [0.1, 0.15) is 17.0 Å². The summed E-state index contributed by atoms with van der Waals surface area (Å²) in [4.78, 5) is 3.39. The van der Waals surface area contributed by atoms with Gasteiger partial charge in [-0.3, -0.25) is 0 Å². The second kappa shape index (κ2) is 3.70. The second-order valence-electron chi connectivity index (χ2n) is 5.04. The quantitative estimate of drug-likeness (QED) is 0.771. The lowest BCUT2D eigenvalue weighted by Crippen LogP contribution is -2.59. The first-order chi connectivity index (χ1) is 8.92. The van der Waals surface area contributed by atoms with Crippen molar-refractivity contribution in [2.24, 2.45) is 0 Å². The zero-order valence-electron chi connectivity index (χ0n) is 10.1. The van der Waals surface area contributed by atoms with Crippen molar-refractivity contribution in [2.75, 3.05) is 5.32 Å². The van der Waals surface area contributed by atoms with Gasteiger partial charge in [0.05, 0.1) is 5.92 Å². The van der Waals surface area contributed by atoms with Crippen molar-refractivity contribution in [3.05, 3.63) is 59.7 Å². The van der Waals surface area contributed by atoms with E-state index >= 15 is 0 Å². The van der Waals surface area contributed by atoms with Crippen LogP contribution in [0.5, 0.6) is 0 Å². The summed E-state index contributed by atoms with van der Waals surface area (Å²) < 4.78 is 0. The molecule has 0 aromatic heterocycles. The second-order valence-corrected chi connectivity index (χ2v) is 5.04. The summed E-state index contributed by atoms with van der Waals surface area (Å²) in [7, 11) is 0. The molecule has 2 nitrogen and oxygen atoms in total. The third-order valence-electron chi connectivity index (χ3n) is 3.97. The normalized spacial score (nSPS) is 23.6. The maximum absolute atomic E-state index is 3.65. The van der Waals surface area contributed by atoms with Crippen LogP contribution >= 0.6 is 0 Å². The molecule has 0 spiro atoms. The Morgan fingerprint density at radius 2 is 1.83 bits per heavy atom. The molecule has 0 radical (unpaired) electrons. The van der Waals surface area contributed by atoms with E-state index in [0.717, 1.165) is 6.42 Å². The third kappa shape index (κ3) is 1.39. The van der Waals surface area contributed by atoms with E-state index < -0.39 is 0 Å². The molecule has 4 rings (SSSR count). The molecule has 2 atom stereocenters. The highest BCUT2D eigenvalue weighted by Crippen LogP contribution is 2.34. The van der Waals surface area contributed by atoms with E-state index in [9.17, 15) is 0 Å². The van der Waals surface area contributed by atoms with Gasteiger partial charge in [0, 0.05) is 23.4 Å². The van der Waals surface area contributed by atoms with Crippen molar-refractivity contribution in [2.45, 2.75) is 18.4 Å². The first kappa shape index (κ1) is 9.89. The summed E-state index contributed by atoms with van der Waals surface area (Å²) >= 11 is 0. The van der Waals surface area contributed by atoms with Crippen molar-refractivity contribution < 1.29 is 4.99 Å². The van der Waals surface area contributed by atoms with Gasteiger partial charge in [-0.2, -0.15) is 0 Å². The maximum Gasteiger partial charge on any atom is 0.207 e. The van der Waals surface area contributed by atoms with Crippen molar-refractivity contribution in [1.82, 2.24) is 0 Å². The molecule has 2 heteroatoms. The molecule has 0 saturated carbocycles. The molecule has 0 fully saturated rings. The van der Waals surface area contributed by atoms with Crippen LogP contribution in [0.2, 0.25) is 0 Å². The van der Waals surface area contributed by atoms with Crippen molar-refractivity contribution in [3.63, 3.8) is 0 Å². The van der Waals surface area contributed by atoms with Crippen LogP contribution in [-0.2, 0) is 6.42 Å². The number of rotatable bonds is 1. The van der Waals surface area contributed by atoms with Crippen LogP contribution in [-0.4, -0.2) is 12.3 Å². The van der Waals surface area contributed by atoms with Crippen LogP contribution < -0.4 is 10.3 Å². The molecule has 0 saturated heterocycles. The smallest absolute Gasteiger partial charge is 0.207 e. The Labute approximate surface area is 106 Å². The van der Waals surface area contributed by atoms with E-state index in [2.05, 4.69) is 65.1 Å².